The van der Waals surface area contributed by atoms with E-state index in [-0.39, 0.29) is 0 Å². The summed E-state index contributed by atoms with van der Waals surface area (Å²) in [6.45, 7) is 4.33. The number of nitrogens with one attached hydrogen (secondary N) is 1. The maximum Gasteiger partial charge on any atom is 0.245 e. The lowest BCUT2D eigenvalue weighted by Crippen LogP contribution is -2.44. The highest BCUT2D eigenvalue weighted by molar-refractivity contribution is 5.66. The molecule has 146 valence electrons. The molecular formula is C22H23N7. The second-order valence-electron chi connectivity index (χ2n) is 7.34. The van der Waals surface area contributed by atoms with Crippen LogP contribution in [0.2, 0.25) is 0 Å². The number of hydrogen-bond donors (Lipinski definition) is 1. The molecule has 0 atom stereocenters. The number of pyridine rings is 1. The Labute approximate surface area is 169 Å². The molecule has 1 N–H and O–H groups in total. The summed E-state index contributed by atoms with van der Waals surface area (Å²) in [7, 11) is 2.17. The second-order valence-corrected chi connectivity index (χ2v) is 7.34. The topological polar surface area (TPSA) is 61.6 Å². The van der Waals surface area contributed by atoms with Gasteiger partial charge in [0.05, 0.1) is 17.4 Å². The molecule has 0 spiro atoms. The Morgan fingerprint density at radius 2 is 1.72 bits per heavy atom. The third-order valence-corrected chi connectivity index (χ3v) is 5.35. The maximum atomic E-state index is 4.68. The fourth-order valence-corrected chi connectivity index (χ4v) is 3.64. The zero-order chi connectivity index (χ0) is 19.6. The summed E-state index contributed by atoms with van der Waals surface area (Å²) >= 11 is 0. The van der Waals surface area contributed by atoms with Crippen molar-refractivity contribution in [1.82, 2.24) is 24.5 Å². The molecule has 7 heteroatoms. The van der Waals surface area contributed by atoms with E-state index in [2.05, 4.69) is 61.5 Å². The van der Waals surface area contributed by atoms with Gasteiger partial charge in [0, 0.05) is 55.5 Å². The zero-order valence-electron chi connectivity index (χ0n) is 16.4. The first-order valence-corrected chi connectivity index (χ1v) is 9.82. The van der Waals surface area contributed by atoms with Gasteiger partial charge in [0.2, 0.25) is 5.95 Å². The number of hydrogen-bond acceptors (Lipinski definition) is 6. The lowest BCUT2D eigenvalue weighted by molar-refractivity contribution is 0.313. The molecular weight excluding hydrogens is 362 g/mol. The molecule has 4 aromatic rings. The van der Waals surface area contributed by atoms with E-state index in [4.69, 9.17) is 0 Å². The van der Waals surface area contributed by atoms with E-state index < -0.39 is 0 Å². The van der Waals surface area contributed by atoms with E-state index in [1.807, 2.05) is 41.2 Å². The summed E-state index contributed by atoms with van der Waals surface area (Å²) < 4.78 is 1.89. The molecule has 0 amide bonds. The third kappa shape index (κ3) is 3.64. The Morgan fingerprint density at radius 3 is 2.48 bits per heavy atom. The van der Waals surface area contributed by atoms with Crippen molar-refractivity contribution in [2.24, 2.45) is 0 Å². The Bertz CT molecular complexity index is 1100. The van der Waals surface area contributed by atoms with Crippen LogP contribution in [0.1, 0.15) is 0 Å². The minimum absolute atomic E-state index is 0.561. The van der Waals surface area contributed by atoms with Crippen LogP contribution in [0.4, 0.5) is 17.3 Å². The third-order valence-electron chi connectivity index (χ3n) is 5.35. The van der Waals surface area contributed by atoms with Crippen LogP contribution in [-0.4, -0.2) is 57.7 Å². The predicted molar refractivity (Wildman–Crippen MR) is 116 cm³/mol. The Morgan fingerprint density at radius 1 is 0.897 bits per heavy atom. The van der Waals surface area contributed by atoms with E-state index >= 15 is 0 Å². The van der Waals surface area contributed by atoms with Gasteiger partial charge in [0.1, 0.15) is 0 Å². The van der Waals surface area contributed by atoms with E-state index in [9.17, 15) is 0 Å². The molecule has 5 rings (SSSR count). The molecule has 1 saturated heterocycles. The van der Waals surface area contributed by atoms with Gasteiger partial charge < -0.3 is 15.1 Å². The van der Waals surface area contributed by atoms with Crippen LogP contribution in [0.25, 0.3) is 16.8 Å². The van der Waals surface area contributed by atoms with Gasteiger partial charge in [-0.15, -0.1) is 5.10 Å². The smallest absolute Gasteiger partial charge is 0.245 e. The van der Waals surface area contributed by atoms with Crippen molar-refractivity contribution < 1.29 is 0 Å². The van der Waals surface area contributed by atoms with Crippen LogP contribution < -0.4 is 10.2 Å². The van der Waals surface area contributed by atoms with Gasteiger partial charge in [-0.3, -0.25) is 4.98 Å². The number of fused-ring (bicyclic) bond motifs is 1. The number of anilines is 3. The lowest BCUT2D eigenvalue weighted by Gasteiger charge is -2.34. The molecule has 1 aliphatic rings. The van der Waals surface area contributed by atoms with Crippen molar-refractivity contribution >= 4 is 22.8 Å². The summed E-state index contributed by atoms with van der Waals surface area (Å²) in [6, 6.07) is 16.5. The number of nitrogens with zero attached hydrogens (tertiary/aromatic N) is 6. The molecule has 0 radical (unpaired) electrons. The summed E-state index contributed by atoms with van der Waals surface area (Å²) in [5.74, 6) is 0.561. The highest BCUT2D eigenvalue weighted by atomic mass is 15.3. The highest BCUT2D eigenvalue weighted by Gasteiger charge is 2.14. The molecule has 4 heterocycles. The first-order chi connectivity index (χ1) is 14.3. The van der Waals surface area contributed by atoms with Crippen molar-refractivity contribution in [2.75, 3.05) is 43.4 Å². The quantitative estimate of drug-likeness (QED) is 0.582. The predicted octanol–water partition coefficient (Wildman–Crippen LogP) is 3.29. The molecule has 29 heavy (non-hydrogen) atoms. The number of aromatic nitrogens is 4. The summed E-state index contributed by atoms with van der Waals surface area (Å²) in [6.07, 6.45) is 5.44. The van der Waals surface area contributed by atoms with Gasteiger partial charge in [0.25, 0.3) is 0 Å². The van der Waals surface area contributed by atoms with Gasteiger partial charge in [-0.2, -0.15) is 0 Å². The van der Waals surface area contributed by atoms with Crippen LogP contribution >= 0.6 is 0 Å². The van der Waals surface area contributed by atoms with Crippen molar-refractivity contribution in [2.45, 2.75) is 0 Å². The normalized spacial score (nSPS) is 15.0. The molecule has 0 saturated carbocycles. The number of piperazine rings is 1. The van der Waals surface area contributed by atoms with Gasteiger partial charge in [0.15, 0.2) is 0 Å². The zero-order valence-corrected chi connectivity index (χ0v) is 16.4. The van der Waals surface area contributed by atoms with Gasteiger partial charge in [-0.1, -0.05) is 0 Å². The summed E-state index contributed by atoms with van der Waals surface area (Å²) in [4.78, 5) is 13.4. The van der Waals surface area contributed by atoms with Crippen molar-refractivity contribution in [3.05, 3.63) is 67.1 Å². The van der Waals surface area contributed by atoms with Crippen LogP contribution in [0.3, 0.4) is 0 Å². The molecule has 0 bridgehead atoms. The van der Waals surface area contributed by atoms with Crippen LogP contribution in [-0.2, 0) is 0 Å². The minimum Gasteiger partial charge on any atom is -0.369 e. The SMILES string of the molecule is CN1CCN(c2ccc(Nc3ncc4ccc(-c5cccnc5)n4n3)cc2)CC1. The molecule has 3 aromatic heterocycles. The number of likely N-dealkylation sites (N-methyl/N-ethyl adjacent to an activating group) is 1. The average molecular weight is 385 g/mol. The van der Waals surface area contributed by atoms with Gasteiger partial charge >= 0.3 is 0 Å². The Balaban J connectivity index is 1.36. The fourth-order valence-electron chi connectivity index (χ4n) is 3.64. The average Bonchev–Trinajstić information content (AvgIpc) is 3.19. The van der Waals surface area contributed by atoms with Gasteiger partial charge in [-0.05, 0) is 55.6 Å². The molecule has 1 fully saturated rings. The molecule has 0 aliphatic carbocycles. The second kappa shape index (κ2) is 7.52. The molecule has 1 aliphatic heterocycles. The van der Waals surface area contributed by atoms with E-state index in [0.29, 0.717) is 5.95 Å². The van der Waals surface area contributed by atoms with Crippen molar-refractivity contribution in [3.8, 4) is 11.3 Å². The van der Waals surface area contributed by atoms with E-state index in [1.165, 1.54) is 5.69 Å². The van der Waals surface area contributed by atoms with Crippen LogP contribution in [0.5, 0.6) is 0 Å². The molecule has 1 aromatic carbocycles. The monoisotopic (exact) mass is 385 g/mol. The first kappa shape index (κ1) is 17.6. The van der Waals surface area contributed by atoms with Crippen LogP contribution in [0, 0.1) is 0 Å². The Kier molecular flexibility index (Phi) is 4.57. The number of rotatable bonds is 4. The van der Waals surface area contributed by atoms with E-state index in [0.717, 1.165) is 48.6 Å². The Hall–Kier alpha value is -3.45. The van der Waals surface area contributed by atoms with Gasteiger partial charge in [-0.25, -0.2) is 9.50 Å². The molecule has 7 nitrogen and oxygen atoms in total. The van der Waals surface area contributed by atoms with Crippen molar-refractivity contribution in [3.63, 3.8) is 0 Å². The minimum atomic E-state index is 0.561. The largest absolute Gasteiger partial charge is 0.369 e. The summed E-state index contributed by atoms with van der Waals surface area (Å²) in [5, 5.41) is 7.99. The lowest BCUT2D eigenvalue weighted by atomic mass is 10.2. The van der Waals surface area contributed by atoms with E-state index in [1.54, 1.807) is 6.20 Å². The highest BCUT2D eigenvalue weighted by Crippen LogP contribution is 2.23. The number of benzene rings is 1. The van der Waals surface area contributed by atoms with Crippen molar-refractivity contribution in [1.29, 1.82) is 0 Å². The summed E-state index contributed by atoms with van der Waals surface area (Å²) in [5.41, 5.74) is 5.18. The van der Waals surface area contributed by atoms with Crippen LogP contribution in [0.15, 0.2) is 67.1 Å². The standard InChI is InChI=1S/C22H23N7/c1-27-11-13-28(14-12-27)19-6-4-18(5-7-19)25-22-24-16-20-8-9-21(29(20)26-22)17-3-2-10-23-15-17/h2-10,15-16H,11-14H2,1H3,(H,25,26). The maximum absolute atomic E-state index is 4.68. The fraction of sp³-hybridized carbons (Fsp3) is 0.227. The first-order valence-electron chi connectivity index (χ1n) is 9.82. The molecule has 0 unspecified atom stereocenters.